The Bertz CT molecular complexity index is 1570. The van der Waals surface area contributed by atoms with Gasteiger partial charge in [0.05, 0.1) is 0 Å². The first-order valence-corrected chi connectivity index (χ1v) is 36.1. The number of ether oxygens (including phenoxy) is 3. The molecule has 1 atom stereocenters. The van der Waals surface area contributed by atoms with Crippen LogP contribution in [0.25, 0.3) is 0 Å². The second-order valence-electron chi connectivity index (χ2n) is 24.1. The molecule has 6 nitrogen and oxygen atoms in total. The van der Waals surface area contributed by atoms with E-state index >= 15 is 0 Å². The van der Waals surface area contributed by atoms with Crippen molar-refractivity contribution in [1.29, 1.82) is 0 Å². The summed E-state index contributed by atoms with van der Waals surface area (Å²) < 4.78 is 17.0. The standard InChI is InChI=1S/C77H136O6/c1-4-7-10-13-16-19-22-25-28-30-32-33-34-35-36-37-38-39-40-41-42-43-45-46-49-52-55-58-61-64-67-70-76(79)82-73-74(72-81-75(78)69-66-63-60-57-54-51-48-27-24-21-18-15-12-9-6-3)83-77(80)71-68-65-62-59-56-53-50-47-44-31-29-26-23-20-17-14-11-8-5-2/h7,10,16-17,19-20,25-29,32-33,48,74H,4-6,8-9,11-15,18,21-24,30-31,34-47,49-73H2,1-3H3/b10-7-,19-16-,20-17-,28-25-,29-26-,33-32-,48-27-. The fourth-order valence-electron chi connectivity index (χ4n) is 10.5. The first-order valence-electron chi connectivity index (χ1n) is 36.1. The van der Waals surface area contributed by atoms with Crippen LogP contribution in [0.15, 0.2) is 85.1 Å². The molecule has 0 amide bonds. The molecule has 0 aliphatic rings. The van der Waals surface area contributed by atoms with Crippen molar-refractivity contribution in [2.45, 2.75) is 374 Å². The molecule has 1 unspecified atom stereocenters. The quantitative estimate of drug-likeness (QED) is 0.0261. The molecule has 0 aromatic rings. The van der Waals surface area contributed by atoms with Crippen molar-refractivity contribution in [2.24, 2.45) is 0 Å². The second-order valence-corrected chi connectivity index (χ2v) is 24.1. The van der Waals surface area contributed by atoms with E-state index in [1.807, 2.05) is 0 Å². The van der Waals surface area contributed by atoms with Crippen molar-refractivity contribution < 1.29 is 28.6 Å². The molecule has 6 heteroatoms. The predicted molar refractivity (Wildman–Crippen MR) is 362 cm³/mol. The Kier molecular flexibility index (Phi) is 68.2. The Morgan fingerprint density at radius 2 is 0.470 bits per heavy atom. The van der Waals surface area contributed by atoms with Crippen LogP contribution in [0.5, 0.6) is 0 Å². The van der Waals surface area contributed by atoms with E-state index in [1.165, 1.54) is 231 Å². The second kappa shape index (κ2) is 71.1. The zero-order valence-electron chi connectivity index (χ0n) is 55.2. The highest BCUT2D eigenvalue weighted by Crippen LogP contribution is 2.18. The van der Waals surface area contributed by atoms with Gasteiger partial charge in [0.25, 0.3) is 0 Å². The molecule has 0 aromatic heterocycles. The molecule has 0 radical (unpaired) electrons. The molecular formula is C77H136O6. The van der Waals surface area contributed by atoms with Crippen molar-refractivity contribution in [1.82, 2.24) is 0 Å². The van der Waals surface area contributed by atoms with E-state index in [-0.39, 0.29) is 31.1 Å². The number of esters is 3. The molecule has 480 valence electrons. The van der Waals surface area contributed by atoms with Crippen molar-refractivity contribution in [2.75, 3.05) is 13.2 Å². The summed E-state index contributed by atoms with van der Waals surface area (Å²) in [7, 11) is 0. The van der Waals surface area contributed by atoms with Crippen LogP contribution in [0.3, 0.4) is 0 Å². The molecule has 0 fully saturated rings. The van der Waals surface area contributed by atoms with E-state index in [4.69, 9.17) is 14.2 Å². The molecule has 0 saturated carbocycles. The van der Waals surface area contributed by atoms with Crippen LogP contribution in [-0.2, 0) is 28.6 Å². The van der Waals surface area contributed by atoms with Gasteiger partial charge in [0.1, 0.15) is 13.2 Å². The van der Waals surface area contributed by atoms with E-state index in [9.17, 15) is 14.4 Å². The Hall–Kier alpha value is -3.41. The van der Waals surface area contributed by atoms with Gasteiger partial charge in [-0.25, -0.2) is 0 Å². The summed E-state index contributed by atoms with van der Waals surface area (Å²) in [4.78, 5) is 38.5. The van der Waals surface area contributed by atoms with Crippen molar-refractivity contribution >= 4 is 17.9 Å². The van der Waals surface area contributed by atoms with Crippen LogP contribution >= 0.6 is 0 Å². The molecule has 0 rings (SSSR count). The lowest BCUT2D eigenvalue weighted by molar-refractivity contribution is -0.167. The van der Waals surface area contributed by atoms with E-state index in [0.29, 0.717) is 19.3 Å². The maximum Gasteiger partial charge on any atom is 0.306 e. The van der Waals surface area contributed by atoms with Gasteiger partial charge in [-0.15, -0.1) is 0 Å². The minimum atomic E-state index is -0.782. The van der Waals surface area contributed by atoms with Crippen LogP contribution in [-0.4, -0.2) is 37.2 Å². The minimum Gasteiger partial charge on any atom is -0.462 e. The number of hydrogen-bond donors (Lipinski definition) is 0. The molecule has 83 heavy (non-hydrogen) atoms. The van der Waals surface area contributed by atoms with Gasteiger partial charge in [-0.1, -0.05) is 318 Å². The Balaban J connectivity index is 4.23. The highest BCUT2D eigenvalue weighted by atomic mass is 16.6. The summed E-state index contributed by atoms with van der Waals surface area (Å²) in [6, 6.07) is 0. The van der Waals surface area contributed by atoms with Gasteiger partial charge in [0, 0.05) is 19.3 Å². The zero-order valence-corrected chi connectivity index (χ0v) is 55.2. The molecular weight excluding hydrogens is 1020 g/mol. The minimum absolute atomic E-state index is 0.0767. The number of carbonyl (C=O) groups is 3. The van der Waals surface area contributed by atoms with E-state index in [1.54, 1.807) is 0 Å². The van der Waals surface area contributed by atoms with Gasteiger partial charge in [-0.2, -0.15) is 0 Å². The van der Waals surface area contributed by atoms with Gasteiger partial charge >= 0.3 is 17.9 Å². The van der Waals surface area contributed by atoms with Gasteiger partial charge in [-0.3, -0.25) is 14.4 Å². The number of unbranched alkanes of at least 4 members (excludes halogenated alkanes) is 41. The Morgan fingerprint density at radius 1 is 0.253 bits per heavy atom. The third-order valence-electron chi connectivity index (χ3n) is 15.9. The summed E-state index contributed by atoms with van der Waals surface area (Å²) in [6.07, 6.45) is 94.7. The van der Waals surface area contributed by atoms with Gasteiger partial charge in [-0.05, 0) is 116 Å². The number of rotatable bonds is 66. The molecule has 0 heterocycles. The summed E-state index contributed by atoms with van der Waals surface area (Å²) in [5.74, 6) is -0.869. The third kappa shape index (κ3) is 69.3. The van der Waals surface area contributed by atoms with Crippen LogP contribution in [0.1, 0.15) is 367 Å². The SMILES string of the molecule is CC/C=C\C/C=C\C/C=C\C/C=C\CCCCCCCCCCCCCCCCCCCCC(=O)OCC(COC(=O)CCCCCCC/C=C\CCCCCCCC)OC(=O)CCCCCCCCCCC/C=C\C/C=C\CCCCC. The lowest BCUT2D eigenvalue weighted by atomic mass is 10.0. The summed E-state index contributed by atoms with van der Waals surface area (Å²) >= 11 is 0. The van der Waals surface area contributed by atoms with Gasteiger partial charge in [0.2, 0.25) is 0 Å². The third-order valence-corrected chi connectivity index (χ3v) is 15.9. The van der Waals surface area contributed by atoms with E-state index < -0.39 is 6.10 Å². The number of carbonyl (C=O) groups excluding carboxylic acids is 3. The van der Waals surface area contributed by atoms with Gasteiger partial charge < -0.3 is 14.2 Å². The highest BCUT2D eigenvalue weighted by molar-refractivity contribution is 5.71. The average molecular weight is 1160 g/mol. The summed E-state index contributed by atoms with van der Waals surface area (Å²) in [5, 5.41) is 0. The van der Waals surface area contributed by atoms with Crippen molar-refractivity contribution in [3.05, 3.63) is 85.1 Å². The lowest BCUT2D eigenvalue weighted by Gasteiger charge is -2.18. The molecule has 0 aliphatic heterocycles. The fraction of sp³-hybridized carbons (Fsp3) is 0.779. The summed E-state index contributed by atoms with van der Waals surface area (Å²) in [5.41, 5.74) is 0. The topological polar surface area (TPSA) is 78.9 Å². The van der Waals surface area contributed by atoms with Crippen molar-refractivity contribution in [3.8, 4) is 0 Å². The lowest BCUT2D eigenvalue weighted by Crippen LogP contribution is -2.30. The molecule has 0 aromatic carbocycles. The Morgan fingerprint density at radius 3 is 0.771 bits per heavy atom. The van der Waals surface area contributed by atoms with E-state index in [0.717, 1.165) is 96.3 Å². The number of allylic oxidation sites excluding steroid dienone is 14. The monoisotopic (exact) mass is 1160 g/mol. The van der Waals surface area contributed by atoms with Crippen LogP contribution in [0.4, 0.5) is 0 Å². The molecule has 0 N–H and O–H groups in total. The largest absolute Gasteiger partial charge is 0.462 e. The molecule has 0 spiro atoms. The van der Waals surface area contributed by atoms with E-state index in [2.05, 4.69) is 106 Å². The fourth-order valence-corrected chi connectivity index (χ4v) is 10.5. The number of hydrogen-bond acceptors (Lipinski definition) is 6. The van der Waals surface area contributed by atoms with Crippen LogP contribution < -0.4 is 0 Å². The van der Waals surface area contributed by atoms with Gasteiger partial charge in [0.15, 0.2) is 6.10 Å². The van der Waals surface area contributed by atoms with Crippen molar-refractivity contribution in [3.63, 3.8) is 0 Å². The van der Waals surface area contributed by atoms with Crippen LogP contribution in [0, 0.1) is 0 Å². The average Bonchev–Trinajstić information content (AvgIpc) is 3.49. The Labute approximate surface area is 515 Å². The smallest absolute Gasteiger partial charge is 0.306 e. The zero-order chi connectivity index (χ0) is 59.9. The molecule has 0 bridgehead atoms. The first kappa shape index (κ1) is 79.6. The molecule has 0 aliphatic carbocycles. The maximum atomic E-state index is 13.0. The summed E-state index contributed by atoms with van der Waals surface area (Å²) in [6.45, 7) is 6.54. The highest BCUT2D eigenvalue weighted by Gasteiger charge is 2.19. The molecule has 0 saturated heterocycles. The van der Waals surface area contributed by atoms with Crippen LogP contribution in [0.2, 0.25) is 0 Å². The predicted octanol–water partition coefficient (Wildman–Crippen LogP) is 25.0. The first-order chi connectivity index (χ1) is 41.0. The maximum absolute atomic E-state index is 13.0. The normalized spacial score (nSPS) is 12.6.